The highest BCUT2D eigenvalue weighted by Gasteiger charge is 2.44. The van der Waals surface area contributed by atoms with E-state index in [9.17, 15) is 9.59 Å². The Bertz CT molecular complexity index is 642. The molecule has 1 aromatic rings. The Morgan fingerprint density at radius 3 is 2.92 bits per heavy atom. The summed E-state index contributed by atoms with van der Waals surface area (Å²) < 4.78 is 1.67. The zero-order valence-corrected chi connectivity index (χ0v) is 14.0. The number of likely N-dealkylation sites (N-methyl/N-ethyl adjacent to an activating group) is 1. The Balaban J connectivity index is 1.63. The number of hydrogen-bond acceptors (Lipinski definition) is 5. The van der Waals surface area contributed by atoms with Gasteiger partial charge in [0.05, 0.1) is 18.7 Å². The second-order valence-electron chi connectivity index (χ2n) is 6.74. The van der Waals surface area contributed by atoms with Crippen LogP contribution in [0.4, 0.5) is 0 Å². The van der Waals surface area contributed by atoms with Crippen LogP contribution < -0.4 is 5.73 Å². The van der Waals surface area contributed by atoms with Crippen molar-refractivity contribution in [1.29, 1.82) is 0 Å². The molecule has 0 saturated carbocycles. The zero-order chi connectivity index (χ0) is 17.3. The van der Waals surface area contributed by atoms with Crippen molar-refractivity contribution in [3.63, 3.8) is 0 Å². The minimum Gasteiger partial charge on any atom is -0.364 e. The fourth-order valence-corrected chi connectivity index (χ4v) is 3.89. The van der Waals surface area contributed by atoms with Crippen LogP contribution in [0.1, 0.15) is 23.3 Å². The van der Waals surface area contributed by atoms with Gasteiger partial charge in [0.25, 0.3) is 5.91 Å². The normalized spacial score (nSPS) is 28.5. The number of piperidine rings is 3. The molecule has 0 spiro atoms. The molecule has 4 heterocycles. The largest absolute Gasteiger partial charge is 0.364 e. The quantitative estimate of drug-likeness (QED) is 0.723. The van der Waals surface area contributed by atoms with E-state index >= 15 is 0 Å². The Kier molecular flexibility index (Phi) is 4.66. The lowest BCUT2D eigenvalue weighted by molar-refractivity contribution is -0.142. The number of aromatic nitrogens is 3. The molecule has 24 heavy (non-hydrogen) atoms. The molecule has 2 N–H and O–H groups in total. The SMILES string of the molecule is C=CCN(C)C(=O)[C@H]1CN2CCC1C[C@@H]2Cn1cc(C(N)=O)nn1. The van der Waals surface area contributed by atoms with Crippen LogP contribution in [0.15, 0.2) is 18.9 Å². The monoisotopic (exact) mass is 332 g/mol. The number of nitrogens with two attached hydrogens (primary N) is 1. The molecule has 0 aliphatic carbocycles. The van der Waals surface area contributed by atoms with Gasteiger partial charge in [-0.3, -0.25) is 19.2 Å². The van der Waals surface area contributed by atoms with E-state index in [0.717, 1.165) is 25.9 Å². The third-order valence-corrected chi connectivity index (χ3v) is 5.16. The molecule has 3 saturated heterocycles. The van der Waals surface area contributed by atoms with Gasteiger partial charge < -0.3 is 10.6 Å². The van der Waals surface area contributed by atoms with Crippen molar-refractivity contribution in [2.75, 3.05) is 26.7 Å². The summed E-state index contributed by atoms with van der Waals surface area (Å²) in [7, 11) is 1.83. The first-order chi connectivity index (χ1) is 11.5. The molecule has 4 rings (SSSR count). The predicted octanol–water partition coefficient (Wildman–Crippen LogP) is -0.268. The highest BCUT2D eigenvalue weighted by Crippen LogP contribution is 2.37. The van der Waals surface area contributed by atoms with Gasteiger partial charge in [-0.15, -0.1) is 11.7 Å². The Labute approximate surface area is 141 Å². The lowest BCUT2D eigenvalue weighted by Gasteiger charge is -2.49. The Hall–Kier alpha value is -2.22. The minimum atomic E-state index is -0.567. The molecule has 2 amide bonds. The van der Waals surface area contributed by atoms with Crippen LogP contribution in [0.5, 0.6) is 0 Å². The van der Waals surface area contributed by atoms with Gasteiger partial charge in [0.15, 0.2) is 5.69 Å². The molecular formula is C16H24N6O2. The summed E-state index contributed by atoms with van der Waals surface area (Å²) in [5, 5.41) is 7.75. The molecule has 1 aromatic heterocycles. The molecule has 0 radical (unpaired) electrons. The Morgan fingerprint density at radius 1 is 1.54 bits per heavy atom. The van der Waals surface area contributed by atoms with Gasteiger partial charge in [-0.05, 0) is 25.3 Å². The second kappa shape index (κ2) is 6.72. The fraction of sp³-hybridized carbons (Fsp3) is 0.625. The van der Waals surface area contributed by atoms with E-state index in [0.29, 0.717) is 25.0 Å². The van der Waals surface area contributed by atoms with Crippen LogP contribution >= 0.6 is 0 Å². The van der Waals surface area contributed by atoms with Gasteiger partial charge in [0.2, 0.25) is 5.91 Å². The first-order valence-corrected chi connectivity index (χ1v) is 8.29. The molecule has 3 aliphatic heterocycles. The van der Waals surface area contributed by atoms with Crippen molar-refractivity contribution in [2.45, 2.75) is 25.4 Å². The van der Waals surface area contributed by atoms with Crippen LogP contribution in [0.25, 0.3) is 0 Å². The number of fused-ring (bicyclic) bond motifs is 3. The van der Waals surface area contributed by atoms with Crippen molar-refractivity contribution in [1.82, 2.24) is 24.8 Å². The third kappa shape index (κ3) is 3.19. The van der Waals surface area contributed by atoms with Crippen molar-refractivity contribution in [3.8, 4) is 0 Å². The summed E-state index contributed by atoms with van der Waals surface area (Å²) in [5.41, 5.74) is 5.40. The average Bonchev–Trinajstić information content (AvgIpc) is 3.04. The molecule has 3 aliphatic rings. The van der Waals surface area contributed by atoms with E-state index in [1.165, 1.54) is 0 Å². The number of carbonyl (C=O) groups excluding carboxylic acids is 2. The molecule has 2 unspecified atom stereocenters. The van der Waals surface area contributed by atoms with Crippen LogP contribution in [-0.4, -0.2) is 69.3 Å². The fourth-order valence-electron chi connectivity index (χ4n) is 3.89. The second-order valence-corrected chi connectivity index (χ2v) is 6.74. The maximum absolute atomic E-state index is 12.6. The van der Waals surface area contributed by atoms with Gasteiger partial charge in [-0.2, -0.15) is 0 Å². The summed E-state index contributed by atoms with van der Waals surface area (Å²) in [5.74, 6) is 0.109. The van der Waals surface area contributed by atoms with Gasteiger partial charge in [0, 0.05) is 26.2 Å². The standard InChI is InChI=1S/C16H24N6O2/c1-3-5-20(2)16(24)13-9-21-6-4-11(13)7-12(21)8-22-10-14(15(17)23)18-19-22/h3,10-13H,1,4-9H2,2H3,(H2,17,23)/t11?,12-,13+/m1/s1. The molecule has 8 heteroatoms. The highest BCUT2D eigenvalue weighted by atomic mass is 16.2. The van der Waals surface area contributed by atoms with Gasteiger partial charge >= 0.3 is 0 Å². The number of rotatable bonds is 6. The first-order valence-electron chi connectivity index (χ1n) is 8.29. The average molecular weight is 332 g/mol. The zero-order valence-electron chi connectivity index (χ0n) is 14.0. The Morgan fingerprint density at radius 2 is 2.33 bits per heavy atom. The molecule has 8 nitrogen and oxygen atoms in total. The maximum Gasteiger partial charge on any atom is 0.270 e. The van der Waals surface area contributed by atoms with Crippen molar-refractivity contribution >= 4 is 11.8 Å². The molecule has 0 aromatic carbocycles. The highest BCUT2D eigenvalue weighted by molar-refractivity contribution is 5.90. The number of nitrogens with zero attached hydrogens (tertiary/aromatic N) is 5. The van der Waals surface area contributed by atoms with Crippen molar-refractivity contribution < 1.29 is 9.59 Å². The van der Waals surface area contributed by atoms with E-state index in [1.807, 2.05) is 7.05 Å². The van der Waals surface area contributed by atoms with Crippen molar-refractivity contribution in [2.24, 2.45) is 17.6 Å². The number of amides is 2. The minimum absolute atomic E-state index is 0.0666. The maximum atomic E-state index is 12.6. The number of primary amides is 1. The van der Waals surface area contributed by atoms with E-state index < -0.39 is 5.91 Å². The summed E-state index contributed by atoms with van der Waals surface area (Å²) >= 11 is 0. The summed E-state index contributed by atoms with van der Waals surface area (Å²) in [4.78, 5) is 27.8. The summed E-state index contributed by atoms with van der Waals surface area (Å²) in [6.45, 7) is 6.73. The molecule has 2 bridgehead atoms. The van der Waals surface area contributed by atoms with E-state index in [4.69, 9.17) is 5.73 Å². The van der Waals surface area contributed by atoms with Crippen LogP contribution in [0.3, 0.4) is 0 Å². The van der Waals surface area contributed by atoms with E-state index in [-0.39, 0.29) is 17.5 Å². The molecule has 4 atom stereocenters. The van der Waals surface area contributed by atoms with Gasteiger partial charge in [-0.25, -0.2) is 0 Å². The van der Waals surface area contributed by atoms with E-state index in [2.05, 4.69) is 21.8 Å². The lowest BCUT2D eigenvalue weighted by Crippen LogP contribution is -2.58. The summed E-state index contributed by atoms with van der Waals surface area (Å²) in [6.07, 6.45) is 5.36. The van der Waals surface area contributed by atoms with Gasteiger partial charge in [-0.1, -0.05) is 11.3 Å². The van der Waals surface area contributed by atoms with Gasteiger partial charge in [0.1, 0.15) is 0 Å². The topological polar surface area (TPSA) is 97.3 Å². The number of carbonyl (C=O) groups is 2. The molecule has 3 fully saturated rings. The predicted molar refractivity (Wildman–Crippen MR) is 87.9 cm³/mol. The van der Waals surface area contributed by atoms with Crippen LogP contribution in [0.2, 0.25) is 0 Å². The third-order valence-electron chi connectivity index (χ3n) is 5.16. The number of hydrogen-bond donors (Lipinski definition) is 1. The van der Waals surface area contributed by atoms with Crippen LogP contribution in [0, 0.1) is 11.8 Å². The lowest BCUT2D eigenvalue weighted by atomic mass is 9.75. The van der Waals surface area contributed by atoms with Crippen molar-refractivity contribution in [3.05, 3.63) is 24.5 Å². The summed E-state index contributed by atoms with van der Waals surface area (Å²) in [6, 6.07) is 0.319. The van der Waals surface area contributed by atoms with E-state index in [1.54, 1.807) is 21.9 Å². The van der Waals surface area contributed by atoms with Crippen LogP contribution in [-0.2, 0) is 11.3 Å². The smallest absolute Gasteiger partial charge is 0.270 e. The molecular weight excluding hydrogens is 308 g/mol. The molecule has 130 valence electrons. The first kappa shape index (κ1) is 16.6.